The molecule has 0 saturated carbocycles. The van der Waals surface area contributed by atoms with Gasteiger partial charge in [0.25, 0.3) is 0 Å². The van der Waals surface area contributed by atoms with Gasteiger partial charge in [0.15, 0.2) is 6.29 Å². The van der Waals surface area contributed by atoms with Crippen molar-refractivity contribution in [2.24, 2.45) is 21.2 Å². The van der Waals surface area contributed by atoms with Crippen molar-refractivity contribution in [2.75, 3.05) is 0 Å². The zero-order valence-corrected chi connectivity index (χ0v) is 9.47. The minimum absolute atomic E-state index is 0.479. The van der Waals surface area contributed by atoms with Crippen molar-refractivity contribution in [2.45, 2.75) is 5.66 Å². The van der Waals surface area contributed by atoms with Crippen LogP contribution in [-0.2, 0) is 4.79 Å². The molecule has 6 nitrogen and oxygen atoms in total. The fourth-order valence-electron chi connectivity index (χ4n) is 1.32. The first-order valence-corrected chi connectivity index (χ1v) is 5.25. The Labute approximate surface area is 103 Å². The number of nitrogens with two attached hydrogens (primary N) is 1. The summed E-state index contributed by atoms with van der Waals surface area (Å²) in [6.07, 6.45) is 3.47. The van der Waals surface area contributed by atoms with Gasteiger partial charge in [-0.2, -0.15) is 0 Å². The molecule has 0 aliphatic carbocycles. The number of carbonyl (C=O) groups is 1. The van der Waals surface area contributed by atoms with E-state index >= 15 is 0 Å². The molecule has 1 atom stereocenters. The molecule has 1 aromatic heterocycles. The third kappa shape index (κ3) is 2.80. The molecule has 3 rings (SSSR count). The molecule has 2 aromatic rings. The lowest BCUT2D eigenvalue weighted by molar-refractivity contribution is -0.110. The zero-order chi connectivity index (χ0) is 12.8. The fraction of sp³-hybridized carbons (Fsp3) is 0.0833. The summed E-state index contributed by atoms with van der Waals surface area (Å²) in [6, 6.07) is 12.1. The Balaban J connectivity index is 0.000000138. The maximum Gasteiger partial charge on any atom is 0.224 e. The number of aldehydes is 1. The van der Waals surface area contributed by atoms with E-state index in [9.17, 15) is 4.79 Å². The van der Waals surface area contributed by atoms with Crippen LogP contribution in [0.4, 0.5) is 0 Å². The Kier molecular flexibility index (Phi) is 3.49. The second-order valence-electron chi connectivity index (χ2n) is 3.64. The highest BCUT2D eigenvalue weighted by molar-refractivity contribution is 5.91. The van der Waals surface area contributed by atoms with Crippen LogP contribution >= 0.6 is 0 Å². The summed E-state index contributed by atoms with van der Waals surface area (Å²) in [5.41, 5.74) is 4.96. The molecule has 0 radical (unpaired) electrons. The highest BCUT2D eigenvalue weighted by atomic mass is 16.1. The van der Waals surface area contributed by atoms with Gasteiger partial charge in [-0.05, 0) is 17.4 Å². The van der Waals surface area contributed by atoms with Crippen LogP contribution in [0.3, 0.4) is 0 Å². The summed E-state index contributed by atoms with van der Waals surface area (Å²) in [6.45, 7) is 0. The first-order chi connectivity index (χ1) is 8.73. The number of aromatic nitrogens is 1. The lowest BCUT2D eigenvalue weighted by Gasteiger charge is -2.00. The number of pyridine rings is 1. The number of fused-ring (bicyclic) bond motifs is 1. The van der Waals surface area contributed by atoms with Crippen LogP contribution in [0.1, 0.15) is 0 Å². The summed E-state index contributed by atoms with van der Waals surface area (Å²) in [5.74, 6) is 0. The summed E-state index contributed by atoms with van der Waals surface area (Å²) in [5, 5.41) is 10.9. The smallest absolute Gasteiger partial charge is 0.224 e. The van der Waals surface area contributed by atoms with Crippen LogP contribution in [0.5, 0.6) is 0 Å². The quantitative estimate of drug-likeness (QED) is 0.767. The second-order valence-corrected chi connectivity index (χ2v) is 3.64. The van der Waals surface area contributed by atoms with Gasteiger partial charge < -0.3 is 0 Å². The maximum atomic E-state index is 9.96. The van der Waals surface area contributed by atoms with E-state index < -0.39 is 5.66 Å². The van der Waals surface area contributed by atoms with Gasteiger partial charge in [-0.25, -0.2) is 0 Å². The number of para-hydroxylation sites is 1. The molecule has 0 bridgehead atoms. The molecule has 0 saturated heterocycles. The van der Waals surface area contributed by atoms with E-state index in [1.165, 1.54) is 11.6 Å². The molecule has 1 aliphatic rings. The van der Waals surface area contributed by atoms with Crippen LogP contribution in [-0.4, -0.2) is 23.1 Å². The Hall–Kier alpha value is -2.47. The summed E-state index contributed by atoms with van der Waals surface area (Å²) >= 11 is 0. The molecule has 1 unspecified atom stereocenters. The maximum absolute atomic E-state index is 9.96. The number of hydrogen-bond donors (Lipinski definition) is 1. The molecule has 0 amide bonds. The van der Waals surface area contributed by atoms with Crippen molar-refractivity contribution in [1.82, 2.24) is 4.98 Å². The first kappa shape index (κ1) is 12.0. The molecule has 0 spiro atoms. The van der Waals surface area contributed by atoms with Gasteiger partial charge in [-0.3, -0.25) is 15.5 Å². The van der Waals surface area contributed by atoms with Crippen LogP contribution in [0.2, 0.25) is 0 Å². The lowest BCUT2D eigenvalue weighted by atomic mass is 10.2. The molecule has 6 heteroatoms. The van der Waals surface area contributed by atoms with Gasteiger partial charge in [0.2, 0.25) is 5.66 Å². The van der Waals surface area contributed by atoms with E-state index in [-0.39, 0.29) is 0 Å². The molecular weight excluding hydrogens is 230 g/mol. The van der Waals surface area contributed by atoms with E-state index in [1.54, 1.807) is 0 Å². The van der Waals surface area contributed by atoms with Gasteiger partial charge in [-0.15, -0.1) is 10.2 Å². The third-order valence-corrected chi connectivity index (χ3v) is 2.24. The van der Waals surface area contributed by atoms with Gasteiger partial charge in [0, 0.05) is 11.6 Å². The second kappa shape index (κ2) is 5.24. The SMILES string of the molecule is NC1(C=O)C=NN=N1.c1ccc2ncccc2c1. The highest BCUT2D eigenvalue weighted by Crippen LogP contribution is 2.07. The Bertz CT molecular complexity index is 531. The number of hydrogen-bond acceptors (Lipinski definition) is 6. The van der Waals surface area contributed by atoms with Crippen molar-refractivity contribution in [1.29, 1.82) is 0 Å². The van der Waals surface area contributed by atoms with Crippen molar-refractivity contribution in [3.63, 3.8) is 0 Å². The number of carbonyl (C=O) groups excluding carboxylic acids is 1. The molecule has 2 heterocycles. The fourth-order valence-corrected chi connectivity index (χ4v) is 1.32. The van der Waals surface area contributed by atoms with Crippen molar-refractivity contribution >= 4 is 23.4 Å². The molecule has 2 N–H and O–H groups in total. The molecular formula is C12H11N5O. The number of nitrogens with zero attached hydrogens (tertiary/aromatic N) is 4. The van der Waals surface area contributed by atoms with Crippen LogP contribution < -0.4 is 5.73 Å². The van der Waals surface area contributed by atoms with Crippen LogP contribution in [0, 0.1) is 0 Å². The topological polar surface area (TPSA) is 93.1 Å². The normalized spacial score (nSPS) is 20.5. The summed E-state index contributed by atoms with van der Waals surface area (Å²) in [7, 11) is 0. The van der Waals surface area contributed by atoms with Gasteiger partial charge in [0.05, 0.1) is 11.7 Å². The number of rotatable bonds is 1. The molecule has 18 heavy (non-hydrogen) atoms. The van der Waals surface area contributed by atoms with E-state index in [0.717, 1.165) is 5.52 Å². The minimum Gasteiger partial charge on any atom is -0.299 e. The lowest BCUT2D eigenvalue weighted by Crippen LogP contribution is -2.39. The van der Waals surface area contributed by atoms with Crippen molar-refractivity contribution < 1.29 is 4.79 Å². The van der Waals surface area contributed by atoms with Gasteiger partial charge in [-0.1, -0.05) is 24.3 Å². The van der Waals surface area contributed by atoms with E-state index in [1.807, 2.05) is 30.5 Å². The van der Waals surface area contributed by atoms with Crippen LogP contribution in [0.15, 0.2) is 58.0 Å². The average molecular weight is 241 g/mol. The monoisotopic (exact) mass is 241 g/mol. The van der Waals surface area contributed by atoms with Crippen molar-refractivity contribution in [3.05, 3.63) is 42.6 Å². The number of benzene rings is 1. The summed E-state index contributed by atoms with van der Waals surface area (Å²) in [4.78, 5) is 14.1. The van der Waals surface area contributed by atoms with E-state index in [2.05, 4.69) is 32.6 Å². The van der Waals surface area contributed by atoms with Gasteiger partial charge in [0.1, 0.15) is 0 Å². The molecule has 0 fully saturated rings. The zero-order valence-electron chi connectivity index (χ0n) is 9.47. The molecule has 1 aromatic carbocycles. The predicted molar refractivity (Wildman–Crippen MR) is 68.1 cm³/mol. The Morgan fingerprint density at radius 1 is 1.17 bits per heavy atom. The molecule has 1 aliphatic heterocycles. The standard InChI is InChI=1S/C9H7N.C3H4N4O/c1-2-6-9-8(4-1)5-3-7-10-9;4-3(2-8)1-5-7-6-3/h1-7H;1-2H,4H2. The third-order valence-electron chi connectivity index (χ3n) is 2.24. The minimum atomic E-state index is -1.28. The predicted octanol–water partition coefficient (Wildman–Crippen LogP) is 1.53. The van der Waals surface area contributed by atoms with Crippen LogP contribution in [0.25, 0.3) is 10.9 Å². The summed E-state index contributed by atoms with van der Waals surface area (Å²) < 4.78 is 0. The highest BCUT2D eigenvalue weighted by Gasteiger charge is 2.23. The van der Waals surface area contributed by atoms with E-state index in [0.29, 0.717) is 6.29 Å². The van der Waals surface area contributed by atoms with Gasteiger partial charge >= 0.3 is 0 Å². The van der Waals surface area contributed by atoms with Crippen molar-refractivity contribution in [3.8, 4) is 0 Å². The average Bonchev–Trinajstić information content (AvgIpc) is 2.87. The largest absolute Gasteiger partial charge is 0.299 e. The Morgan fingerprint density at radius 3 is 2.56 bits per heavy atom. The molecule has 90 valence electrons. The Morgan fingerprint density at radius 2 is 1.94 bits per heavy atom. The first-order valence-electron chi connectivity index (χ1n) is 5.25. The van der Waals surface area contributed by atoms with E-state index in [4.69, 9.17) is 5.73 Å².